The van der Waals surface area contributed by atoms with E-state index >= 15 is 0 Å². The molecule has 0 bridgehead atoms. The van der Waals surface area contributed by atoms with Crippen LogP contribution in [0, 0.1) is 0 Å². The zero-order valence-corrected chi connectivity index (χ0v) is 15.4. The van der Waals surface area contributed by atoms with Crippen molar-refractivity contribution in [3.05, 3.63) is 70.8 Å². The van der Waals surface area contributed by atoms with Gasteiger partial charge >= 0.3 is 0 Å². The Morgan fingerprint density at radius 3 is 2.44 bits per heavy atom. The molecule has 0 aromatic heterocycles. The van der Waals surface area contributed by atoms with Crippen LogP contribution in [0.4, 0.5) is 0 Å². The first-order valence-corrected chi connectivity index (χ1v) is 10.2. The summed E-state index contributed by atoms with van der Waals surface area (Å²) in [7, 11) is 0. The SMILES string of the molecule is NC(=O)c1cccc(CNC(=O)c2ccc(C3SCCCS3)cc2)c1. The molecule has 1 fully saturated rings. The van der Waals surface area contributed by atoms with Crippen molar-refractivity contribution in [1.29, 1.82) is 0 Å². The molecule has 0 spiro atoms. The Bertz CT molecular complexity index is 756. The highest BCUT2D eigenvalue weighted by Gasteiger charge is 2.17. The summed E-state index contributed by atoms with van der Waals surface area (Å²) in [5.74, 6) is 1.80. The van der Waals surface area contributed by atoms with E-state index in [4.69, 9.17) is 5.73 Å². The molecule has 0 saturated carbocycles. The Hall–Kier alpha value is -1.92. The second-order valence-corrected chi connectivity index (χ2v) is 8.52. The fraction of sp³-hybridized carbons (Fsp3) is 0.263. The highest BCUT2D eigenvalue weighted by Crippen LogP contribution is 2.43. The van der Waals surface area contributed by atoms with Crippen LogP contribution < -0.4 is 11.1 Å². The normalized spacial score (nSPS) is 14.9. The van der Waals surface area contributed by atoms with Gasteiger partial charge in [-0.25, -0.2) is 0 Å². The molecular formula is C19H20N2O2S2. The number of nitrogens with one attached hydrogen (secondary N) is 1. The van der Waals surface area contributed by atoms with Gasteiger partial charge in [0.25, 0.3) is 5.91 Å². The number of thioether (sulfide) groups is 2. The average Bonchev–Trinajstić information content (AvgIpc) is 2.67. The summed E-state index contributed by atoms with van der Waals surface area (Å²) < 4.78 is 0.474. The van der Waals surface area contributed by atoms with E-state index in [9.17, 15) is 9.59 Å². The van der Waals surface area contributed by atoms with E-state index in [1.54, 1.807) is 18.2 Å². The average molecular weight is 373 g/mol. The van der Waals surface area contributed by atoms with Crippen LogP contribution in [0.3, 0.4) is 0 Å². The fourth-order valence-corrected chi connectivity index (χ4v) is 5.49. The van der Waals surface area contributed by atoms with Crippen LogP contribution in [0.2, 0.25) is 0 Å². The number of amides is 2. The Balaban J connectivity index is 1.59. The molecule has 0 atom stereocenters. The number of hydrogen-bond acceptors (Lipinski definition) is 4. The van der Waals surface area contributed by atoms with Crippen molar-refractivity contribution >= 4 is 35.3 Å². The van der Waals surface area contributed by atoms with Crippen molar-refractivity contribution in [3.63, 3.8) is 0 Å². The Morgan fingerprint density at radius 1 is 1.04 bits per heavy atom. The molecule has 1 saturated heterocycles. The van der Waals surface area contributed by atoms with Gasteiger partial charge in [0.2, 0.25) is 5.91 Å². The Morgan fingerprint density at radius 2 is 1.76 bits per heavy atom. The largest absolute Gasteiger partial charge is 0.366 e. The van der Waals surface area contributed by atoms with Gasteiger partial charge in [0.15, 0.2) is 0 Å². The van der Waals surface area contributed by atoms with Crippen molar-refractivity contribution in [2.75, 3.05) is 11.5 Å². The molecule has 2 amide bonds. The molecule has 1 heterocycles. The van der Waals surface area contributed by atoms with Gasteiger partial charge in [0.1, 0.15) is 0 Å². The number of rotatable bonds is 5. The van der Waals surface area contributed by atoms with Gasteiger partial charge in [0.05, 0.1) is 4.58 Å². The van der Waals surface area contributed by atoms with E-state index in [1.165, 1.54) is 23.5 Å². The van der Waals surface area contributed by atoms with Crippen molar-refractivity contribution in [3.8, 4) is 0 Å². The van der Waals surface area contributed by atoms with Crippen LogP contribution in [-0.4, -0.2) is 23.3 Å². The maximum atomic E-state index is 12.3. The first-order chi connectivity index (χ1) is 12.1. The predicted molar refractivity (Wildman–Crippen MR) is 105 cm³/mol. The summed E-state index contributed by atoms with van der Waals surface area (Å²) in [6.45, 7) is 0.357. The maximum absolute atomic E-state index is 12.3. The predicted octanol–water partition coefficient (Wildman–Crippen LogP) is 3.58. The molecule has 6 heteroatoms. The molecule has 3 rings (SSSR count). The zero-order valence-electron chi connectivity index (χ0n) is 13.7. The topological polar surface area (TPSA) is 72.2 Å². The summed E-state index contributed by atoms with van der Waals surface area (Å²) >= 11 is 3.93. The molecule has 4 nitrogen and oxygen atoms in total. The van der Waals surface area contributed by atoms with Gasteiger partial charge in [-0.1, -0.05) is 24.3 Å². The monoisotopic (exact) mass is 372 g/mol. The highest BCUT2D eigenvalue weighted by atomic mass is 32.2. The lowest BCUT2D eigenvalue weighted by molar-refractivity contribution is 0.0950. The highest BCUT2D eigenvalue weighted by molar-refractivity contribution is 8.16. The number of hydrogen-bond donors (Lipinski definition) is 2. The van der Waals surface area contributed by atoms with E-state index < -0.39 is 5.91 Å². The van der Waals surface area contributed by atoms with E-state index in [0.29, 0.717) is 22.3 Å². The molecule has 0 aliphatic carbocycles. The van der Waals surface area contributed by atoms with Crippen molar-refractivity contribution in [2.24, 2.45) is 5.73 Å². The lowest BCUT2D eigenvalue weighted by Crippen LogP contribution is -2.23. The smallest absolute Gasteiger partial charge is 0.251 e. The minimum Gasteiger partial charge on any atom is -0.366 e. The molecule has 2 aromatic rings. The molecule has 130 valence electrons. The third-order valence-corrected chi connectivity index (χ3v) is 6.95. The van der Waals surface area contributed by atoms with E-state index in [0.717, 1.165) is 5.56 Å². The van der Waals surface area contributed by atoms with Crippen molar-refractivity contribution in [2.45, 2.75) is 17.5 Å². The number of carbonyl (C=O) groups is 2. The van der Waals surface area contributed by atoms with Crippen molar-refractivity contribution < 1.29 is 9.59 Å². The maximum Gasteiger partial charge on any atom is 0.251 e. The van der Waals surface area contributed by atoms with Crippen LogP contribution >= 0.6 is 23.5 Å². The van der Waals surface area contributed by atoms with Crippen molar-refractivity contribution in [1.82, 2.24) is 5.32 Å². The molecule has 1 aliphatic rings. The number of primary amides is 1. The number of nitrogens with two attached hydrogens (primary N) is 1. The van der Waals surface area contributed by atoms with Crippen LogP contribution in [-0.2, 0) is 6.54 Å². The minimum atomic E-state index is -0.470. The van der Waals surface area contributed by atoms with Crippen LogP contribution in [0.15, 0.2) is 48.5 Å². The van der Waals surface area contributed by atoms with Crippen LogP contribution in [0.5, 0.6) is 0 Å². The summed E-state index contributed by atoms with van der Waals surface area (Å²) in [5, 5.41) is 2.88. The first-order valence-electron chi connectivity index (χ1n) is 8.13. The Kier molecular flexibility index (Phi) is 6.04. The lowest BCUT2D eigenvalue weighted by atomic mass is 10.1. The van der Waals surface area contributed by atoms with Gasteiger partial charge in [-0.15, -0.1) is 23.5 Å². The van der Waals surface area contributed by atoms with Gasteiger partial charge in [0, 0.05) is 17.7 Å². The van der Waals surface area contributed by atoms with E-state index in [-0.39, 0.29) is 5.91 Å². The number of carbonyl (C=O) groups excluding carboxylic acids is 2. The van der Waals surface area contributed by atoms with Crippen LogP contribution in [0.1, 0.15) is 42.8 Å². The summed E-state index contributed by atoms with van der Waals surface area (Å²) in [4.78, 5) is 23.5. The quantitative estimate of drug-likeness (QED) is 0.841. The van der Waals surface area contributed by atoms with Gasteiger partial charge in [-0.3, -0.25) is 9.59 Å². The fourth-order valence-electron chi connectivity index (χ4n) is 2.59. The van der Waals surface area contributed by atoms with Gasteiger partial charge in [-0.05, 0) is 53.3 Å². The van der Waals surface area contributed by atoms with E-state index in [1.807, 2.05) is 53.9 Å². The molecule has 3 N–H and O–H groups in total. The minimum absolute atomic E-state index is 0.125. The van der Waals surface area contributed by atoms with Gasteiger partial charge in [-0.2, -0.15) is 0 Å². The molecule has 0 radical (unpaired) electrons. The molecular weight excluding hydrogens is 352 g/mol. The molecule has 2 aromatic carbocycles. The standard InChI is InChI=1S/C19H20N2O2S2/c20-17(22)16-4-1-3-13(11-16)12-21-18(23)14-5-7-15(8-6-14)19-24-9-2-10-25-19/h1,3-8,11,19H,2,9-10,12H2,(H2,20,22)(H,21,23). The third-order valence-electron chi connectivity index (χ3n) is 3.94. The molecule has 25 heavy (non-hydrogen) atoms. The number of benzene rings is 2. The molecule has 1 aliphatic heterocycles. The lowest BCUT2D eigenvalue weighted by Gasteiger charge is -2.21. The second kappa shape index (κ2) is 8.45. The molecule has 0 unspecified atom stereocenters. The van der Waals surface area contributed by atoms with Crippen LogP contribution in [0.25, 0.3) is 0 Å². The summed E-state index contributed by atoms with van der Waals surface area (Å²) in [6, 6.07) is 14.8. The van der Waals surface area contributed by atoms with Gasteiger partial charge < -0.3 is 11.1 Å². The first kappa shape index (κ1) is 17.9. The summed E-state index contributed by atoms with van der Waals surface area (Å²) in [5.41, 5.74) is 8.47. The zero-order chi connectivity index (χ0) is 17.6. The summed E-state index contributed by atoms with van der Waals surface area (Å²) in [6.07, 6.45) is 1.27. The Labute approximate surface area is 155 Å². The second-order valence-electron chi connectivity index (χ2n) is 5.80. The van der Waals surface area contributed by atoms with E-state index in [2.05, 4.69) is 5.32 Å². The third kappa shape index (κ3) is 4.80.